The summed E-state index contributed by atoms with van der Waals surface area (Å²) in [6.45, 7) is 30.5. The zero-order valence-corrected chi connectivity index (χ0v) is 36.9. The monoisotopic (exact) mass is 783 g/mol. The molecule has 0 bridgehead atoms. The zero-order chi connectivity index (χ0) is 42.2. The lowest BCUT2D eigenvalue weighted by Crippen LogP contribution is -2.63. The Kier molecular flexibility index (Phi) is 18.8. The van der Waals surface area contributed by atoms with Gasteiger partial charge in [0, 0.05) is 72.1 Å². The first-order valence-electron chi connectivity index (χ1n) is 18.2. The van der Waals surface area contributed by atoms with Gasteiger partial charge < -0.3 is 45.1 Å². The van der Waals surface area contributed by atoms with Gasteiger partial charge in [0.25, 0.3) is 0 Å². The number of phosphoric acid groups is 1. The van der Waals surface area contributed by atoms with Crippen LogP contribution in [0.25, 0.3) is 0 Å². The molecule has 3 amide bonds. The molecule has 0 aliphatic carbocycles. The van der Waals surface area contributed by atoms with Crippen molar-refractivity contribution in [3.8, 4) is 0 Å². The van der Waals surface area contributed by atoms with Gasteiger partial charge in [-0.1, -0.05) is 0 Å². The summed E-state index contributed by atoms with van der Waals surface area (Å²) < 4.78 is 8.88. The van der Waals surface area contributed by atoms with E-state index >= 15 is 0 Å². The lowest BCUT2D eigenvalue weighted by atomic mass is 9.79. The van der Waals surface area contributed by atoms with Gasteiger partial charge >= 0.3 is 7.82 Å². The predicted molar refractivity (Wildman–Crippen MR) is 206 cm³/mol. The number of carbonyl (C=O) groups excluding carboxylic acids is 3. The topological polar surface area (TPSA) is 202 Å². The molecule has 0 saturated carbocycles. The number of carbonyl (C=O) groups is 3. The highest BCUT2D eigenvalue weighted by atomic mass is 31.2. The third-order valence-electron chi connectivity index (χ3n) is 9.54. The van der Waals surface area contributed by atoms with Crippen molar-refractivity contribution in [3.05, 3.63) is 0 Å². The maximum absolute atomic E-state index is 11.1. The molecule has 6 N–H and O–H groups in total. The van der Waals surface area contributed by atoms with E-state index in [-0.39, 0.29) is 69.1 Å². The van der Waals surface area contributed by atoms with Crippen LogP contribution in [0, 0.1) is 0 Å². The molecule has 0 aromatic heterocycles. The van der Waals surface area contributed by atoms with E-state index in [4.69, 9.17) is 33.8 Å². The number of hydroxylamine groups is 6. The molecule has 17 heteroatoms. The van der Waals surface area contributed by atoms with Crippen LogP contribution in [0.4, 0.5) is 0 Å². The molecule has 0 spiro atoms. The van der Waals surface area contributed by atoms with Gasteiger partial charge in [0.1, 0.15) is 0 Å². The van der Waals surface area contributed by atoms with Crippen LogP contribution in [-0.2, 0) is 33.5 Å². The van der Waals surface area contributed by atoms with Crippen molar-refractivity contribution in [1.29, 1.82) is 0 Å². The van der Waals surface area contributed by atoms with E-state index in [2.05, 4.69) is 99.0 Å². The Balaban J connectivity index is 0.000000718. The van der Waals surface area contributed by atoms with Gasteiger partial charge in [-0.05, 0) is 122 Å². The molecule has 53 heavy (non-hydrogen) atoms. The Labute approximate surface area is 319 Å². The largest absolute Gasteiger partial charge is 0.466 e. The first-order chi connectivity index (χ1) is 23.6. The molecular weight excluding hydrogens is 707 g/mol. The number of piperidine rings is 3. The standard InChI is InChI=1S/3C12H24N2O2.H3O4P/c3*1-9(15)13-10-7-11(2,3)14(16-6)12(4,5)8-10;1-5(2,3)4/h3*10H,7-8H2,1-6H3,(H,13,15);(H3,1,2,3,4). The lowest BCUT2D eigenvalue weighted by Gasteiger charge is -2.53. The minimum absolute atomic E-state index is 0.0440. The zero-order valence-electron chi connectivity index (χ0n) is 36.0. The van der Waals surface area contributed by atoms with E-state index in [0.717, 1.165) is 38.5 Å². The van der Waals surface area contributed by atoms with Crippen LogP contribution >= 0.6 is 7.82 Å². The number of amides is 3. The fourth-order valence-corrected chi connectivity index (χ4v) is 9.44. The van der Waals surface area contributed by atoms with Crippen LogP contribution < -0.4 is 16.0 Å². The van der Waals surface area contributed by atoms with Crippen molar-refractivity contribution >= 4 is 25.5 Å². The fourth-order valence-electron chi connectivity index (χ4n) is 9.44. The summed E-state index contributed by atoms with van der Waals surface area (Å²) in [6.07, 6.45) is 5.44. The van der Waals surface area contributed by atoms with Gasteiger partial charge in [-0.15, -0.1) is 0 Å². The van der Waals surface area contributed by atoms with Crippen LogP contribution in [-0.4, -0.2) is 120 Å². The average Bonchev–Trinajstić information content (AvgIpc) is 2.83. The number of hydrogen-bond acceptors (Lipinski definition) is 10. The van der Waals surface area contributed by atoms with Crippen LogP contribution in [0.5, 0.6) is 0 Å². The van der Waals surface area contributed by atoms with Crippen molar-refractivity contribution in [2.75, 3.05) is 21.3 Å². The molecule has 0 radical (unpaired) electrons. The first kappa shape index (κ1) is 51.3. The van der Waals surface area contributed by atoms with Crippen LogP contribution in [0.2, 0.25) is 0 Å². The van der Waals surface area contributed by atoms with Crippen molar-refractivity contribution < 1.29 is 48.1 Å². The van der Waals surface area contributed by atoms with E-state index in [1.54, 1.807) is 42.1 Å². The van der Waals surface area contributed by atoms with Crippen molar-refractivity contribution in [2.24, 2.45) is 0 Å². The minimum Gasteiger partial charge on any atom is -0.353 e. The first-order valence-corrected chi connectivity index (χ1v) is 19.8. The van der Waals surface area contributed by atoms with E-state index in [9.17, 15) is 14.4 Å². The molecular formula is C36H75N6O10P. The fraction of sp³-hybridized carbons (Fsp3) is 0.917. The molecule has 0 unspecified atom stereocenters. The van der Waals surface area contributed by atoms with Gasteiger partial charge in [0.2, 0.25) is 17.7 Å². The van der Waals surface area contributed by atoms with Gasteiger partial charge in [-0.25, -0.2) is 4.57 Å². The van der Waals surface area contributed by atoms with Gasteiger partial charge in [-0.2, -0.15) is 15.2 Å². The molecule has 3 rings (SSSR count). The number of hydrogen-bond donors (Lipinski definition) is 6. The second kappa shape index (κ2) is 19.4. The van der Waals surface area contributed by atoms with Crippen molar-refractivity contribution in [3.63, 3.8) is 0 Å². The normalized spacial score (nSPS) is 24.1. The smallest absolute Gasteiger partial charge is 0.353 e. The van der Waals surface area contributed by atoms with Gasteiger partial charge in [0.15, 0.2) is 0 Å². The molecule has 3 saturated heterocycles. The quantitative estimate of drug-likeness (QED) is 0.210. The highest BCUT2D eigenvalue weighted by Crippen LogP contribution is 2.40. The summed E-state index contributed by atoms with van der Waals surface area (Å²) in [7, 11) is 0.493. The number of nitrogens with zero attached hydrogens (tertiary/aromatic N) is 3. The molecule has 0 aromatic carbocycles. The Morgan fingerprint density at radius 1 is 0.472 bits per heavy atom. The Hall–Kier alpha value is -1.72. The molecule has 3 heterocycles. The summed E-state index contributed by atoms with van der Waals surface area (Å²) in [5.41, 5.74) is -0.395. The Bertz CT molecular complexity index is 1060. The summed E-state index contributed by atoms with van der Waals surface area (Å²) in [5.74, 6) is 0.132. The van der Waals surface area contributed by atoms with Crippen molar-refractivity contribution in [1.82, 2.24) is 31.1 Å². The minimum atomic E-state index is -4.64. The summed E-state index contributed by atoms with van der Waals surface area (Å²) in [4.78, 5) is 71.4. The molecule has 3 aliphatic rings. The third-order valence-corrected chi connectivity index (χ3v) is 9.54. The highest BCUT2D eigenvalue weighted by Gasteiger charge is 2.48. The maximum Gasteiger partial charge on any atom is 0.466 e. The molecule has 3 aliphatic heterocycles. The molecule has 3 fully saturated rings. The number of nitrogens with one attached hydrogen (secondary N) is 3. The van der Waals surface area contributed by atoms with E-state index in [0.29, 0.717) is 0 Å². The summed E-state index contributed by atoms with van der Waals surface area (Å²) in [5, 5.41) is 15.2. The molecule has 314 valence electrons. The second-order valence-electron chi connectivity index (χ2n) is 18.2. The van der Waals surface area contributed by atoms with Crippen LogP contribution in [0.15, 0.2) is 0 Å². The van der Waals surface area contributed by atoms with E-state index in [1.807, 2.05) is 15.2 Å². The molecule has 16 nitrogen and oxygen atoms in total. The molecule has 0 atom stereocenters. The van der Waals surface area contributed by atoms with Crippen LogP contribution in [0.1, 0.15) is 142 Å². The highest BCUT2D eigenvalue weighted by molar-refractivity contribution is 7.45. The molecule has 0 aromatic rings. The Morgan fingerprint density at radius 3 is 0.698 bits per heavy atom. The summed E-state index contributed by atoms with van der Waals surface area (Å²) in [6, 6.07) is 0.691. The van der Waals surface area contributed by atoms with Gasteiger partial charge in [0.05, 0.1) is 21.3 Å². The SMILES string of the molecule is CON1C(C)(C)CC(NC(C)=O)CC1(C)C.CON1C(C)(C)CC(NC(C)=O)CC1(C)C.CON1C(C)(C)CC(NC(C)=O)CC1(C)C.O=P(O)(O)O. The van der Waals surface area contributed by atoms with Crippen molar-refractivity contribution in [2.45, 2.75) is 194 Å². The number of rotatable bonds is 6. The lowest BCUT2D eigenvalue weighted by molar-refractivity contribution is -0.267. The van der Waals surface area contributed by atoms with Gasteiger partial charge in [-0.3, -0.25) is 14.4 Å². The average molecular weight is 783 g/mol. The predicted octanol–water partition coefficient (Wildman–Crippen LogP) is 4.19. The van der Waals surface area contributed by atoms with E-state index < -0.39 is 7.82 Å². The third kappa shape index (κ3) is 17.3. The van der Waals surface area contributed by atoms with Crippen LogP contribution in [0.3, 0.4) is 0 Å². The summed E-state index contributed by atoms with van der Waals surface area (Å²) >= 11 is 0. The maximum atomic E-state index is 11.1. The Morgan fingerprint density at radius 2 is 0.604 bits per heavy atom. The van der Waals surface area contributed by atoms with E-state index in [1.165, 1.54) is 0 Å². The second-order valence-corrected chi connectivity index (χ2v) is 19.3.